The molecule has 0 aromatic carbocycles. The number of fused-ring (bicyclic) bond motifs is 3. The van der Waals surface area contributed by atoms with Gasteiger partial charge in [-0.2, -0.15) is 0 Å². The Bertz CT molecular complexity index is 1900. The van der Waals surface area contributed by atoms with E-state index >= 15 is 0 Å². The number of carbonyl (C=O) groups excluding carboxylic acids is 5. The Labute approximate surface area is 310 Å². The number of aromatic nitrogens is 2. The average molecular weight is 757 g/mol. The second-order valence-electron chi connectivity index (χ2n) is 17.0. The number of nitrogens with zero attached hydrogens (tertiary/aromatic N) is 3. The monoisotopic (exact) mass is 756 g/mol. The number of pyridine rings is 1. The number of nitrogens with one attached hydrogen (secondary N) is 3. The molecule has 15 nitrogen and oxygen atoms in total. The Morgan fingerprint density at radius 1 is 1.13 bits per heavy atom. The number of hydrogen-bond donors (Lipinski definition) is 3. The van der Waals surface area contributed by atoms with Crippen molar-refractivity contribution in [2.75, 3.05) is 13.2 Å². The van der Waals surface area contributed by atoms with Crippen LogP contribution in [0.1, 0.15) is 109 Å². The van der Waals surface area contributed by atoms with Crippen molar-refractivity contribution >= 4 is 45.5 Å². The largest absolute Gasteiger partial charge is 0.456 e. The van der Waals surface area contributed by atoms with Gasteiger partial charge in [-0.1, -0.05) is 60.5 Å². The summed E-state index contributed by atoms with van der Waals surface area (Å²) in [5, 5.41) is 4.90. The van der Waals surface area contributed by atoms with Gasteiger partial charge in [0.05, 0.1) is 18.4 Å². The van der Waals surface area contributed by atoms with Gasteiger partial charge in [0.2, 0.25) is 21.8 Å². The molecule has 0 spiro atoms. The molecule has 2 saturated carbocycles. The first-order valence-electron chi connectivity index (χ1n) is 18.6. The Balaban J connectivity index is 1.31. The van der Waals surface area contributed by atoms with E-state index in [1.165, 1.54) is 4.90 Å². The molecule has 4 bridgehead atoms. The lowest BCUT2D eigenvalue weighted by molar-refractivity contribution is -0.143. The van der Waals surface area contributed by atoms with E-state index in [4.69, 9.17) is 9.47 Å². The van der Waals surface area contributed by atoms with Crippen molar-refractivity contribution in [3.63, 3.8) is 0 Å². The molecule has 5 atom stereocenters. The summed E-state index contributed by atoms with van der Waals surface area (Å²) in [4.78, 5) is 74.9. The van der Waals surface area contributed by atoms with Crippen molar-refractivity contribution in [1.29, 1.82) is 0 Å². The molecule has 2 aromatic rings. The van der Waals surface area contributed by atoms with Crippen LogP contribution in [0.4, 0.5) is 4.79 Å². The normalized spacial score (nSPS) is 28.5. The second kappa shape index (κ2) is 14.2. The first-order chi connectivity index (χ1) is 24.8. The Morgan fingerprint density at radius 2 is 1.87 bits per heavy atom. The maximum atomic E-state index is 14.5. The topological polar surface area (TPSA) is 195 Å². The highest BCUT2D eigenvalue weighted by Gasteiger charge is 2.62. The fraction of sp³-hybridized carbons (Fsp3) is 0.676. The van der Waals surface area contributed by atoms with Gasteiger partial charge in [-0.15, -0.1) is 0 Å². The van der Waals surface area contributed by atoms with Crippen molar-refractivity contribution < 1.29 is 41.9 Å². The molecule has 4 heterocycles. The van der Waals surface area contributed by atoms with Crippen LogP contribution < -0.4 is 15.4 Å². The zero-order valence-corrected chi connectivity index (χ0v) is 32.2. The van der Waals surface area contributed by atoms with Gasteiger partial charge in [0, 0.05) is 18.8 Å². The Hall–Kier alpha value is -4.21. The van der Waals surface area contributed by atoms with Crippen molar-refractivity contribution in [2.24, 2.45) is 16.7 Å². The van der Waals surface area contributed by atoms with E-state index in [1.807, 2.05) is 32.9 Å². The number of cyclic esters (lactones) is 1. The maximum Gasteiger partial charge on any atom is 0.407 e. The average Bonchev–Trinajstić information content (AvgIpc) is 3.97. The lowest BCUT2D eigenvalue weighted by Gasteiger charge is -2.35. The van der Waals surface area contributed by atoms with Gasteiger partial charge in [-0.3, -0.25) is 19.1 Å². The molecule has 2 aliphatic heterocycles. The molecule has 3 N–H and O–H groups in total. The van der Waals surface area contributed by atoms with Crippen molar-refractivity contribution in [3.8, 4) is 0 Å². The van der Waals surface area contributed by atoms with Crippen LogP contribution in [0.3, 0.4) is 0 Å². The van der Waals surface area contributed by atoms with Crippen LogP contribution in [-0.4, -0.2) is 94.6 Å². The predicted molar refractivity (Wildman–Crippen MR) is 193 cm³/mol. The van der Waals surface area contributed by atoms with E-state index in [0.29, 0.717) is 24.9 Å². The number of sulfonamides is 1. The van der Waals surface area contributed by atoms with Crippen LogP contribution in [-0.2, 0) is 40.3 Å². The zero-order valence-electron chi connectivity index (χ0n) is 31.4. The molecule has 3 fully saturated rings. The number of imidazole rings is 1. The van der Waals surface area contributed by atoms with Gasteiger partial charge in [0.15, 0.2) is 5.69 Å². The number of alkyl carbamates (subject to hydrolysis) is 1. The van der Waals surface area contributed by atoms with Crippen LogP contribution in [0.5, 0.6) is 0 Å². The lowest BCUT2D eigenvalue weighted by Crippen LogP contribution is -2.60. The molecule has 1 saturated heterocycles. The smallest absolute Gasteiger partial charge is 0.407 e. The minimum absolute atomic E-state index is 0.0759. The molecule has 2 aromatic heterocycles. The molecule has 4 aliphatic rings. The Morgan fingerprint density at radius 3 is 2.53 bits per heavy atom. The summed E-state index contributed by atoms with van der Waals surface area (Å²) in [6.07, 6.45) is 6.42. The summed E-state index contributed by atoms with van der Waals surface area (Å²) in [6, 6.07) is 1.49. The van der Waals surface area contributed by atoms with E-state index in [-0.39, 0.29) is 43.0 Å². The first-order valence-corrected chi connectivity index (χ1v) is 20.2. The number of carbonyl (C=O) groups is 5. The Kier molecular flexibility index (Phi) is 10.3. The summed E-state index contributed by atoms with van der Waals surface area (Å²) < 4.78 is 40.9. The van der Waals surface area contributed by atoms with E-state index in [1.54, 1.807) is 37.6 Å². The van der Waals surface area contributed by atoms with Gasteiger partial charge in [-0.25, -0.2) is 23.0 Å². The number of amides is 4. The van der Waals surface area contributed by atoms with Crippen LogP contribution in [0.25, 0.3) is 5.65 Å². The first kappa shape index (κ1) is 38.5. The fourth-order valence-electron chi connectivity index (χ4n) is 7.47. The molecule has 6 rings (SSSR count). The third-order valence-electron chi connectivity index (χ3n) is 11.0. The van der Waals surface area contributed by atoms with Gasteiger partial charge in [0.1, 0.15) is 29.4 Å². The number of rotatable bonds is 6. The molecular weight excluding hydrogens is 705 g/mol. The predicted octanol–water partition coefficient (Wildman–Crippen LogP) is 3.25. The molecule has 16 heteroatoms. The van der Waals surface area contributed by atoms with Crippen molar-refractivity contribution in [1.82, 2.24) is 29.6 Å². The minimum atomic E-state index is -3.89. The van der Waals surface area contributed by atoms with E-state index in [2.05, 4.69) is 20.3 Å². The van der Waals surface area contributed by atoms with E-state index in [0.717, 1.165) is 31.2 Å². The van der Waals surface area contributed by atoms with Crippen LogP contribution >= 0.6 is 0 Å². The summed E-state index contributed by atoms with van der Waals surface area (Å²) in [5.74, 6) is -3.15. The van der Waals surface area contributed by atoms with Gasteiger partial charge >= 0.3 is 12.1 Å². The molecule has 4 amide bonds. The minimum Gasteiger partial charge on any atom is -0.456 e. The van der Waals surface area contributed by atoms with Gasteiger partial charge in [-0.05, 0) is 66.9 Å². The highest BCUT2D eigenvalue weighted by atomic mass is 32.2. The number of esters is 1. The number of aryl methyl sites for hydroxylation is 1. The van der Waals surface area contributed by atoms with E-state index in [9.17, 15) is 32.4 Å². The fourth-order valence-corrected chi connectivity index (χ4v) is 8.84. The summed E-state index contributed by atoms with van der Waals surface area (Å²) >= 11 is 0. The quantitative estimate of drug-likeness (QED) is 0.369. The zero-order chi connectivity index (χ0) is 38.5. The second-order valence-corrected chi connectivity index (χ2v) is 19.0. The van der Waals surface area contributed by atoms with Crippen LogP contribution in [0, 0.1) is 16.7 Å². The SMILES string of the molecule is CC[C@@H]1C[C@]1(NC(=O)[C@@H]1C[C@@H]2CN1C(=O)[C@H](C(C)(C)C)NC(=O)OCC(C)(C)CCCCc1cccn3cc(nc13)C(=O)O2)C(=O)NS(=O)(=O)C1CC1. The van der Waals surface area contributed by atoms with Gasteiger partial charge < -0.3 is 29.4 Å². The molecule has 290 valence electrons. The molecule has 0 radical (unpaired) electrons. The summed E-state index contributed by atoms with van der Waals surface area (Å²) in [6.45, 7) is 11.1. The van der Waals surface area contributed by atoms with Crippen molar-refractivity contribution in [2.45, 2.75) is 128 Å². The molecule has 53 heavy (non-hydrogen) atoms. The summed E-state index contributed by atoms with van der Waals surface area (Å²) in [7, 11) is -3.89. The number of hydrogen-bond acceptors (Lipinski definition) is 10. The standard InChI is InChI=1S/C37H52N6O9S/c1-7-23-18-37(23,33(47)41-53(49,50)25-13-14-25)40-30(44)27-17-24-19-43(27)31(45)28(35(2,3)4)39-34(48)51-21-36(5,6)15-9-8-11-22-12-10-16-42-20-26(32(46)52-24)38-29(22)42/h10,12,16,20,23-25,27-28H,7-9,11,13-15,17-19,21H2,1-6H3,(H,39,48)(H,40,44)(H,41,47)/t23-,24-,27+,28-,37-/m1/s1. The lowest BCUT2D eigenvalue weighted by atomic mass is 9.85. The van der Waals surface area contributed by atoms with Crippen molar-refractivity contribution in [3.05, 3.63) is 35.8 Å². The third kappa shape index (κ3) is 8.31. The molecular formula is C37H52N6O9S. The number of ether oxygens (including phenoxy) is 2. The van der Waals surface area contributed by atoms with E-state index < -0.39 is 74.2 Å². The highest BCUT2D eigenvalue weighted by molar-refractivity contribution is 7.91. The highest BCUT2D eigenvalue weighted by Crippen LogP contribution is 2.47. The van der Waals surface area contributed by atoms with Gasteiger partial charge in [0.25, 0.3) is 5.91 Å². The third-order valence-corrected chi connectivity index (χ3v) is 12.8. The molecule has 2 aliphatic carbocycles. The van der Waals surface area contributed by atoms with Crippen LogP contribution in [0.2, 0.25) is 0 Å². The maximum absolute atomic E-state index is 14.5. The van der Waals surface area contributed by atoms with Crippen LogP contribution in [0.15, 0.2) is 24.5 Å². The molecule has 0 unspecified atom stereocenters. The summed E-state index contributed by atoms with van der Waals surface area (Å²) in [5.41, 5.74) is -0.996.